The van der Waals surface area contributed by atoms with E-state index in [4.69, 9.17) is 4.98 Å². The summed E-state index contributed by atoms with van der Waals surface area (Å²) in [6, 6.07) is 24.2. The minimum absolute atomic E-state index is 0.00202. The highest BCUT2D eigenvalue weighted by atomic mass is 15.3. The molecule has 2 nitrogen and oxygen atoms in total. The maximum atomic E-state index is 4.77. The van der Waals surface area contributed by atoms with Crippen LogP contribution in [0.25, 0.3) is 0 Å². The highest BCUT2D eigenvalue weighted by molar-refractivity contribution is 5.61. The van der Waals surface area contributed by atoms with Crippen LogP contribution in [0.3, 0.4) is 0 Å². The number of aromatic nitrogens is 1. The normalized spacial score (nSPS) is 21.5. The number of anilines is 1. The number of hydrogen-bond donors (Lipinski definition) is 0. The number of rotatable bonds is 6. The van der Waals surface area contributed by atoms with Crippen molar-refractivity contribution in [3.8, 4) is 0 Å². The highest BCUT2D eigenvalue weighted by Gasteiger charge is 2.55. The molecular weight excluding hydrogens is 376 g/mol. The fraction of sp³-hybridized carbons (Fsp3) is 0.414. The Bertz CT molecular complexity index is 1060. The third-order valence-corrected chi connectivity index (χ3v) is 8.20. The second-order valence-corrected chi connectivity index (χ2v) is 10.4. The van der Waals surface area contributed by atoms with Gasteiger partial charge in [0, 0.05) is 29.8 Å². The smallest absolute Gasteiger partial charge is 0.132 e. The van der Waals surface area contributed by atoms with Crippen molar-refractivity contribution >= 4 is 5.82 Å². The minimum Gasteiger partial charge on any atom is -0.353 e. The van der Waals surface area contributed by atoms with Crippen molar-refractivity contribution in [1.29, 1.82) is 0 Å². The van der Waals surface area contributed by atoms with Crippen LogP contribution in [0.5, 0.6) is 0 Å². The van der Waals surface area contributed by atoms with Crippen LogP contribution < -0.4 is 4.90 Å². The van der Waals surface area contributed by atoms with Crippen LogP contribution in [0.4, 0.5) is 5.82 Å². The summed E-state index contributed by atoms with van der Waals surface area (Å²) in [5.74, 6) is 1.13. The van der Waals surface area contributed by atoms with Crippen molar-refractivity contribution in [3.63, 3.8) is 0 Å². The van der Waals surface area contributed by atoms with E-state index in [9.17, 15) is 0 Å². The average Bonchev–Trinajstić information content (AvgIpc) is 2.91. The zero-order valence-corrected chi connectivity index (χ0v) is 19.9. The molecule has 2 heteroatoms. The molecule has 2 unspecified atom stereocenters. The summed E-state index contributed by atoms with van der Waals surface area (Å²) in [5, 5.41) is 0. The lowest BCUT2D eigenvalue weighted by Crippen LogP contribution is -2.55. The van der Waals surface area contributed by atoms with Gasteiger partial charge in [-0.15, -0.1) is 0 Å². The molecule has 2 heterocycles. The molecule has 0 saturated heterocycles. The maximum absolute atomic E-state index is 4.77. The van der Waals surface area contributed by atoms with Gasteiger partial charge in [0.1, 0.15) is 5.82 Å². The van der Waals surface area contributed by atoms with Crippen LogP contribution in [-0.2, 0) is 17.3 Å². The summed E-state index contributed by atoms with van der Waals surface area (Å²) >= 11 is 0. The standard InChI is InChI=1S/C29H36N2/c1-22-13-10-11-16-24(22)28(4,19-18-23-14-8-7-9-15-23)21-29(5)27(2,3)25-17-12-20-30-26(25)31(29)6/h7-17,20H,18-19,21H2,1-6H3. The molecule has 0 spiro atoms. The van der Waals surface area contributed by atoms with Gasteiger partial charge in [0.05, 0.1) is 0 Å². The first-order chi connectivity index (χ1) is 14.7. The van der Waals surface area contributed by atoms with Gasteiger partial charge in [-0.2, -0.15) is 0 Å². The van der Waals surface area contributed by atoms with Crippen LogP contribution in [0, 0.1) is 6.92 Å². The molecule has 2 aromatic carbocycles. The van der Waals surface area contributed by atoms with Crippen LogP contribution in [-0.4, -0.2) is 17.6 Å². The summed E-state index contributed by atoms with van der Waals surface area (Å²) < 4.78 is 0. The third kappa shape index (κ3) is 3.56. The molecule has 0 radical (unpaired) electrons. The van der Waals surface area contributed by atoms with Gasteiger partial charge in [-0.05, 0) is 61.3 Å². The Morgan fingerprint density at radius 2 is 1.58 bits per heavy atom. The van der Waals surface area contributed by atoms with E-state index in [-0.39, 0.29) is 16.4 Å². The Labute approximate surface area is 188 Å². The van der Waals surface area contributed by atoms with Gasteiger partial charge in [0.2, 0.25) is 0 Å². The van der Waals surface area contributed by atoms with Crippen molar-refractivity contribution < 1.29 is 0 Å². The first kappa shape index (κ1) is 21.6. The Morgan fingerprint density at radius 1 is 0.903 bits per heavy atom. The van der Waals surface area contributed by atoms with E-state index in [1.807, 2.05) is 6.20 Å². The Hall–Kier alpha value is -2.61. The quantitative estimate of drug-likeness (QED) is 0.440. The first-order valence-corrected chi connectivity index (χ1v) is 11.5. The lowest BCUT2D eigenvalue weighted by atomic mass is 9.61. The molecule has 3 aromatic rings. The zero-order valence-electron chi connectivity index (χ0n) is 19.9. The first-order valence-electron chi connectivity index (χ1n) is 11.5. The third-order valence-electron chi connectivity index (χ3n) is 8.20. The van der Waals surface area contributed by atoms with Gasteiger partial charge in [-0.3, -0.25) is 0 Å². The predicted octanol–water partition coefficient (Wildman–Crippen LogP) is 6.86. The molecule has 1 aromatic heterocycles. The van der Waals surface area contributed by atoms with Crippen molar-refractivity contribution in [3.05, 3.63) is 95.2 Å². The fourth-order valence-electron chi connectivity index (χ4n) is 5.83. The second kappa shape index (κ2) is 7.82. The molecule has 0 amide bonds. The number of likely N-dealkylation sites (N-methyl/N-ethyl adjacent to an activating group) is 1. The molecule has 2 atom stereocenters. The van der Waals surface area contributed by atoms with Gasteiger partial charge in [-0.25, -0.2) is 4.98 Å². The van der Waals surface area contributed by atoms with Crippen molar-refractivity contribution in [2.45, 2.75) is 70.3 Å². The largest absolute Gasteiger partial charge is 0.353 e. The summed E-state index contributed by atoms with van der Waals surface area (Å²) in [6.45, 7) is 12.0. The number of benzene rings is 2. The van der Waals surface area contributed by atoms with Crippen molar-refractivity contribution in [1.82, 2.24) is 4.98 Å². The molecule has 0 fully saturated rings. The molecule has 0 aliphatic carbocycles. The number of pyridine rings is 1. The van der Waals surface area contributed by atoms with Gasteiger partial charge in [0.25, 0.3) is 0 Å². The van der Waals surface area contributed by atoms with Gasteiger partial charge in [-0.1, -0.05) is 81.4 Å². The average molecular weight is 413 g/mol. The van der Waals surface area contributed by atoms with Crippen LogP contribution >= 0.6 is 0 Å². The zero-order chi connectivity index (χ0) is 22.3. The molecular formula is C29H36N2. The minimum atomic E-state index is -0.0442. The summed E-state index contributed by atoms with van der Waals surface area (Å²) in [7, 11) is 2.23. The SMILES string of the molecule is Cc1ccccc1C(C)(CCc1ccccc1)CC1(C)N(C)c2ncccc2C1(C)C. The van der Waals surface area contributed by atoms with E-state index in [1.165, 1.54) is 22.3 Å². The molecule has 0 saturated carbocycles. The molecule has 1 aliphatic heterocycles. The lowest BCUT2D eigenvalue weighted by molar-refractivity contribution is 0.210. The molecule has 4 rings (SSSR count). The summed E-state index contributed by atoms with van der Waals surface area (Å²) in [5.41, 5.74) is 5.63. The fourth-order valence-corrected chi connectivity index (χ4v) is 5.83. The van der Waals surface area contributed by atoms with Crippen LogP contribution in [0.1, 0.15) is 62.8 Å². The Kier molecular flexibility index (Phi) is 5.45. The molecule has 0 bridgehead atoms. The summed E-state index contributed by atoms with van der Waals surface area (Å²) in [6.07, 6.45) is 5.19. The van der Waals surface area contributed by atoms with Crippen LogP contribution in [0.2, 0.25) is 0 Å². The van der Waals surface area contributed by atoms with E-state index in [0.717, 1.165) is 25.1 Å². The molecule has 31 heavy (non-hydrogen) atoms. The van der Waals surface area contributed by atoms with Crippen LogP contribution in [0.15, 0.2) is 72.9 Å². The number of fused-ring (bicyclic) bond motifs is 1. The van der Waals surface area contributed by atoms with Gasteiger partial charge < -0.3 is 4.90 Å². The highest BCUT2D eigenvalue weighted by Crippen LogP contribution is 2.55. The number of nitrogens with zero attached hydrogens (tertiary/aromatic N) is 2. The number of hydrogen-bond acceptors (Lipinski definition) is 2. The Balaban J connectivity index is 1.75. The van der Waals surface area contributed by atoms with E-state index in [0.29, 0.717) is 0 Å². The monoisotopic (exact) mass is 412 g/mol. The van der Waals surface area contributed by atoms with E-state index in [1.54, 1.807) is 0 Å². The predicted molar refractivity (Wildman–Crippen MR) is 132 cm³/mol. The second-order valence-electron chi connectivity index (χ2n) is 10.4. The molecule has 162 valence electrons. The van der Waals surface area contributed by atoms with Crippen molar-refractivity contribution in [2.75, 3.05) is 11.9 Å². The van der Waals surface area contributed by atoms with E-state index < -0.39 is 0 Å². The van der Waals surface area contributed by atoms with Gasteiger partial charge >= 0.3 is 0 Å². The molecule has 0 N–H and O–H groups in total. The van der Waals surface area contributed by atoms with E-state index >= 15 is 0 Å². The number of aryl methyl sites for hydroxylation is 2. The maximum Gasteiger partial charge on any atom is 0.132 e. The van der Waals surface area contributed by atoms with E-state index in [2.05, 4.69) is 113 Å². The van der Waals surface area contributed by atoms with Gasteiger partial charge in [0.15, 0.2) is 0 Å². The molecule has 1 aliphatic rings. The van der Waals surface area contributed by atoms with Crippen molar-refractivity contribution in [2.24, 2.45) is 0 Å². The lowest BCUT2D eigenvalue weighted by Gasteiger charge is -2.49. The topological polar surface area (TPSA) is 16.1 Å². The Morgan fingerprint density at radius 3 is 2.26 bits per heavy atom. The summed E-state index contributed by atoms with van der Waals surface area (Å²) in [4.78, 5) is 7.22.